The van der Waals surface area contributed by atoms with E-state index in [-0.39, 0.29) is 17.6 Å². The number of aromatic carboxylic acids is 1. The Morgan fingerprint density at radius 2 is 1.86 bits per heavy atom. The van der Waals surface area contributed by atoms with Crippen LogP contribution in [0.3, 0.4) is 0 Å². The summed E-state index contributed by atoms with van der Waals surface area (Å²) in [7, 11) is 0. The van der Waals surface area contributed by atoms with Gasteiger partial charge in [0.2, 0.25) is 0 Å². The minimum absolute atomic E-state index is 0.222. The molecule has 0 aromatic heterocycles. The van der Waals surface area contributed by atoms with Crippen LogP contribution in [0.2, 0.25) is 0 Å². The molecule has 2 rings (SSSR count). The van der Waals surface area contributed by atoms with E-state index in [4.69, 9.17) is 5.11 Å². The fraction of sp³-hybridized carbons (Fsp3) is 0.500. The minimum atomic E-state index is -0.967. The van der Waals surface area contributed by atoms with Gasteiger partial charge in [-0.3, -0.25) is 0 Å². The van der Waals surface area contributed by atoms with Crippen LogP contribution in [0.5, 0.6) is 0 Å². The number of anilines is 1. The van der Waals surface area contributed by atoms with Crippen LogP contribution in [0.15, 0.2) is 18.2 Å². The zero-order chi connectivity index (χ0) is 15.4. The molecule has 0 bridgehead atoms. The number of nitrogens with one attached hydrogen (secondary N) is 2. The molecule has 1 aliphatic rings. The predicted octanol–water partition coefficient (Wildman–Crippen LogP) is 3.39. The summed E-state index contributed by atoms with van der Waals surface area (Å²) in [6, 6.07) is 4.69. The molecule has 0 heterocycles. The first-order valence-electron chi connectivity index (χ1n) is 7.37. The van der Waals surface area contributed by atoms with Crippen LogP contribution in [-0.2, 0) is 0 Å². The molecule has 0 atom stereocenters. The van der Waals surface area contributed by atoms with E-state index in [1.807, 2.05) is 0 Å². The quantitative estimate of drug-likeness (QED) is 0.798. The second-order valence-electron chi connectivity index (χ2n) is 5.89. The van der Waals surface area contributed by atoms with Crippen LogP contribution in [0.4, 0.5) is 10.5 Å². The number of urea groups is 1. The molecule has 1 aliphatic carbocycles. The van der Waals surface area contributed by atoms with Gasteiger partial charge in [-0.25, -0.2) is 9.59 Å². The largest absolute Gasteiger partial charge is 0.478 e. The van der Waals surface area contributed by atoms with Crippen LogP contribution >= 0.6 is 0 Å². The standard InChI is InChI=1S/C16H22N2O3/c1-10-3-6-13(7-4-10)17-16(21)18-14-8-5-12(15(19)20)9-11(14)2/h5,8-10,13H,3-4,6-7H2,1-2H3,(H,19,20)(H2,17,18,21). The number of amides is 2. The Morgan fingerprint density at radius 1 is 1.19 bits per heavy atom. The van der Waals surface area contributed by atoms with Crippen LogP contribution in [0.1, 0.15) is 48.5 Å². The van der Waals surface area contributed by atoms with Gasteiger partial charge in [-0.2, -0.15) is 0 Å². The first-order chi connectivity index (χ1) is 9.95. The number of rotatable bonds is 3. The molecule has 1 fully saturated rings. The van der Waals surface area contributed by atoms with Gasteiger partial charge in [0.15, 0.2) is 0 Å². The summed E-state index contributed by atoms with van der Waals surface area (Å²) in [6.45, 7) is 4.02. The lowest BCUT2D eigenvalue weighted by Crippen LogP contribution is -2.40. The van der Waals surface area contributed by atoms with Gasteiger partial charge < -0.3 is 15.7 Å². The van der Waals surface area contributed by atoms with E-state index < -0.39 is 5.97 Å². The molecule has 3 N–H and O–H groups in total. The Bertz CT molecular complexity index is 534. The van der Waals surface area contributed by atoms with Crippen molar-refractivity contribution in [3.8, 4) is 0 Å². The number of hydrogen-bond donors (Lipinski definition) is 3. The lowest BCUT2D eigenvalue weighted by atomic mass is 9.87. The molecule has 1 aromatic rings. The monoisotopic (exact) mass is 290 g/mol. The summed E-state index contributed by atoms with van der Waals surface area (Å²) in [5, 5.41) is 14.7. The summed E-state index contributed by atoms with van der Waals surface area (Å²) >= 11 is 0. The molecule has 2 amide bonds. The number of carbonyl (C=O) groups excluding carboxylic acids is 1. The third-order valence-corrected chi connectivity index (χ3v) is 4.07. The van der Waals surface area contributed by atoms with Crippen molar-refractivity contribution < 1.29 is 14.7 Å². The van der Waals surface area contributed by atoms with Gasteiger partial charge >= 0.3 is 12.0 Å². The summed E-state index contributed by atoms with van der Waals surface area (Å²) in [5.74, 6) is -0.220. The molecule has 114 valence electrons. The van der Waals surface area contributed by atoms with E-state index in [0.717, 1.165) is 37.2 Å². The van der Waals surface area contributed by atoms with Gasteiger partial charge in [0, 0.05) is 11.7 Å². The topological polar surface area (TPSA) is 78.4 Å². The number of hydrogen-bond acceptors (Lipinski definition) is 2. The van der Waals surface area contributed by atoms with Gasteiger partial charge in [-0.15, -0.1) is 0 Å². The van der Waals surface area contributed by atoms with Crippen molar-refractivity contribution in [2.24, 2.45) is 5.92 Å². The van der Waals surface area contributed by atoms with E-state index in [0.29, 0.717) is 5.69 Å². The van der Waals surface area contributed by atoms with Crippen LogP contribution in [0.25, 0.3) is 0 Å². The Morgan fingerprint density at radius 3 is 2.43 bits per heavy atom. The van der Waals surface area contributed by atoms with Gasteiger partial charge in [0.1, 0.15) is 0 Å². The fourth-order valence-electron chi connectivity index (χ4n) is 2.69. The summed E-state index contributed by atoms with van der Waals surface area (Å²) in [5.41, 5.74) is 1.60. The third kappa shape index (κ3) is 4.21. The van der Waals surface area contributed by atoms with Gasteiger partial charge in [-0.1, -0.05) is 6.92 Å². The summed E-state index contributed by atoms with van der Waals surface area (Å²) in [6.07, 6.45) is 4.34. The maximum atomic E-state index is 12.0. The maximum absolute atomic E-state index is 12.0. The van der Waals surface area contributed by atoms with E-state index in [9.17, 15) is 9.59 Å². The molecule has 0 radical (unpaired) electrons. The number of carboxylic acids is 1. The van der Waals surface area contributed by atoms with E-state index in [1.165, 1.54) is 6.07 Å². The molecule has 0 saturated heterocycles. The lowest BCUT2D eigenvalue weighted by molar-refractivity contribution is 0.0697. The second-order valence-corrected chi connectivity index (χ2v) is 5.89. The van der Waals surface area contributed by atoms with Crippen molar-refractivity contribution in [1.82, 2.24) is 5.32 Å². The first kappa shape index (κ1) is 15.4. The van der Waals surface area contributed by atoms with E-state index >= 15 is 0 Å². The SMILES string of the molecule is Cc1cc(C(=O)O)ccc1NC(=O)NC1CCC(C)CC1. The Labute approximate surface area is 124 Å². The molecule has 5 nitrogen and oxygen atoms in total. The molecule has 0 unspecified atom stereocenters. The first-order valence-corrected chi connectivity index (χ1v) is 7.37. The van der Waals surface area contributed by atoms with Crippen molar-refractivity contribution in [2.75, 3.05) is 5.32 Å². The molecule has 0 spiro atoms. The Kier molecular flexibility index (Phi) is 4.83. The van der Waals surface area contributed by atoms with Crippen molar-refractivity contribution in [2.45, 2.75) is 45.6 Å². The fourth-order valence-corrected chi connectivity index (χ4v) is 2.69. The van der Waals surface area contributed by atoms with Crippen molar-refractivity contribution in [3.63, 3.8) is 0 Å². The van der Waals surface area contributed by atoms with Crippen molar-refractivity contribution in [1.29, 1.82) is 0 Å². The van der Waals surface area contributed by atoms with Crippen molar-refractivity contribution in [3.05, 3.63) is 29.3 Å². The smallest absolute Gasteiger partial charge is 0.335 e. The van der Waals surface area contributed by atoms with E-state index in [1.54, 1.807) is 19.1 Å². The normalized spacial score (nSPS) is 21.6. The molecule has 1 saturated carbocycles. The van der Waals surface area contributed by atoms with Gasteiger partial charge in [-0.05, 0) is 62.3 Å². The highest BCUT2D eigenvalue weighted by atomic mass is 16.4. The number of carboxylic acid groups (broad SMARTS) is 1. The lowest BCUT2D eigenvalue weighted by Gasteiger charge is -2.27. The average molecular weight is 290 g/mol. The van der Waals surface area contributed by atoms with Crippen LogP contribution in [0, 0.1) is 12.8 Å². The summed E-state index contributed by atoms with van der Waals surface area (Å²) in [4.78, 5) is 22.9. The molecular formula is C16H22N2O3. The Balaban J connectivity index is 1.92. The van der Waals surface area contributed by atoms with Crippen LogP contribution < -0.4 is 10.6 Å². The molecule has 1 aromatic carbocycles. The second kappa shape index (κ2) is 6.61. The third-order valence-electron chi connectivity index (χ3n) is 4.07. The minimum Gasteiger partial charge on any atom is -0.478 e. The highest BCUT2D eigenvalue weighted by Crippen LogP contribution is 2.23. The highest BCUT2D eigenvalue weighted by molar-refractivity contribution is 5.92. The number of carbonyl (C=O) groups is 2. The highest BCUT2D eigenvalue weighted by Gasteiger charge is 2.19. The summed E-state index contributed by atoms with van der Waals surface area (Å²) < 4.78 is 0. The predicted molar refractivity (Wildman–Crippen MR) is 81.7 cm³/mol. The van der Waals surface area contributed by atoms with Crippen molar-refractivity contribution >= 4 is 17.7 Å². The molecule has 0 aliphatic heterocycles. The Hall–Kier alpha value is -2.04. The molecule has 21 heavy (non-hydrogen) atoms. The maximum Gasteiger partial charge on any atom is 0.335 e. The molecular weight excluding hydrogens is 268 g/mol. The average Bonchev–Trinajstić information content (AvgIpc) is 2.43. The zero-order valence-corrected chi connectivity index (χ0v) is 12.5. The zero-order valence-electron chi connectivity index (χ0n) is 12.5. The van der Waals surface area contributed by atoms with Crippen LogP contribution in [-0.4, -0.2) is 23.1 Å². The van der Waals surface area contributed by atoms with Gasteiger partial charge in [0.25, 0.3) is 0 Å². The number of aryl methyl sites for hydroxylation is 1. The number of benzene rings is 1. The molecule has 5 heteroatoms. The van der Waals surface area contributed by atoms with Gasteiger partial charge in [0.05, 0.1) is 5.56 Å². The van der Waals surface area contributed by atoms with E-state index in [2.05, 4.69) is 17.6 Å².